The molecule has 1 aromatic heterocycles. The van der Waals surface area contributed by atoms with Gasteiger partial charge in [-0.2, -0.15) is 0 Å². The zero-order valence-corrected chi connectivity index (χ0v) is 17.5. The Morgan fingerprint density at radius 2 is 1.67 bits per heavy atom. The Kier molecular flexibility index (Phi) is 5.61. The zero-order valence-electron chi connectivity index (χ0n) is 16.0. The molecule has 30 heavy (non-hydrogen) atoms. The van der Waals surface area contributed by atoms with Gasteiger partial charge in [-0.3, -0.25) is 14.6 Å². The van der Waals surface area contributed by atoms with Crippen molar-refractivity contribution in [3.8, 4) is 11.5 Å². The molecule has 1 aliphatic heterocycles. The van der Waals surface area contributed by atoms with E-state index in [2.05, 4.69) is 4.98 Å². The molecule has 0 radical (unpaired) electrons. The number of carbonyl (C=O) groups excluding carboxylic acids is 2. The van der Waals surface area contributed by atoms with Crippen LogP contribution in [-0.2, 0) is 4.79 Å². The predicted octanol–water partition coefficient (Wildman–Crippen LogP) is 5.19. The summed E-state index contributed by atoms with van der Waals surface area (Å²) in [6, 6.07) is 13.8. The first kappa shape index (κ1) is 20.2. The first-order valence-electron chi connectivity index (χ1n) is 9.21. The number of aromatic nitrogens is 1. The summed E-state index contributed by atoms with van der Waals surface area (Å²) < 4.78 is 5.91. The van der Waals surface area contributed by atoms with Crippen molar-refractivity contribution < 1.29 is 14.3 Å². The Balaban J connectivity index is 1.70. The van der Waals surface area contributed by atoms with Crippen molar-refractivity contribution in [3.63, 3.8) is 0 Å². The lowest BCUT2D eigenvalue weighted by Crippen LogP contribution is -2.45. The van der Waals surface area contributed by atoms with Gasteiger partial charge in [0.2, 0.25) is 5.91 Å². The van der Waals surface area contributed by atoms with Crippen molar-refractivity contribution in [2.24, 2.45) is 0 Å². The summed E-state index contributed by atoms with van der Waals surface area (Å²) in [6.45, 7) is 2.26. The molecule has 0 saturated carbocycles. The van der Waals surface area contributed by atoms with E-state index in [0.717, 1.165) is 0 Å². The SMILES string of the molecule is CC(=O)N1CCN(C(=O)c2cnccc2Oc2cc(Cl)ccc2Cl)c2ccccc21. The highest BCUT2D eigenvalue weighted by Gasteiger charge is 2.30. The van der Waals surface area contributed by atoms with Crippen LogP contribution in [0.1, 0.15) is 17.3 Å². The number of amides is 2. The topological polar surface area (TPSA) is 62.7 Å². The van der Waals surface area contributed by atoms with E-state index in [1.165, 1.54) is 19.3 Å². The zero-order chi connectivity index (χ0) is 21.3. The van der Waals surface area contributed by atoms with Crippen LogP contribution in [0.5, 0.6) is 11.5 Å². The molecule has 152 valence electrons. The highest BCUT2D eigenvalue weighted by atomic mass is 35.5. The summed E-state index contributed by atoms with van der Waals surface area (Å²) in [5.74, 6) is 0.291. The minimum atomic E-state index is -0.285. The number of anilines is 2. The van der Waals surface area contributed by atoms with Gasteiger partial charge in [0.15, 0.2) is 0 Å². The number of ether oxygens (including phenoxy) is 1. The van der Waals surface area contributed by atoms with Crippen LogP contribution in [0.15, 0.2) is 60.9 Å². The summed E-state index contributed by atoms with van der Waals surface area (Å²) >= 11 is 12.3. The molecule has 2 heterocycles. The van der Waals surface area contributed by atoms with Crippen molar-refractivity contribution in [1.82, 2.24) is 4.98 Å². The van der Waals surface area contributed by atoms with E-state index in [1.54, 1.807) is 34.1 Å². The highest BCUT2D eigenvalue weighted by Crippen LogP contribution is 2.37. The minimum Gasteiger partial charge on any atom is -0.455 e. The predicted molar refractivity (Wildman–Crippen MR) is 117 cm³/mol. The van der Waals surface area contributed by atoms with E-state index in [1.807, 2.05) is 24.3 Å². The Hall–Kier alpha value is -3.09. The van der Waals surface area contributed by atoms with Crippen molar-refractivity contribution in [3.05, 3.63) is 76.5 Å². The van der Waals surface area contributed by atoms with Crippen LogP contribution in [0.25, 0.3) is 0 Å². The number of para-hydroxylation sites is 2. The number of rotatable bonds is 3. The summed E-state index contributed by atoms with van der Waals surface area (Å²) in [5.41, 5.74) is 1.62. The molecule has 1 aliphatic rings. The average Bonchev–Trinajstić information content (AvgIpc) is 2.75. The fourth-order valence-corrected chi connectivity index (χ4v) is 3.67. The van der Waals surface area contributed by atoms with Gasteiger partial charge < -0.3 is 14.5 Å². The van der Waals surface area contributed by atoms with Gasteiger partial charge in [-0.05, 0) is 30.3 Å². The van der Waals surface area contributed by atoms with Gasteiger partial charge in [-0.25, -0.2) is 0 Å². The molecule has 0 N–H and O–H groups in total. The van der Waals surface area contributed by atoms with E-state index in [9.17, 15) is 9.59 Å². The quantitative estimate of drug-likeness (QED) is 0.560. The fourth-order valence-electron chi connectivity index (χ4n) is 3.35. The second-order valence-corrected chi connectivity index (χ2v) is 7.51. The van der Waals surface area contributed by atoms with Crippen LogP contribution in [0, 0.1) is 0 Å². The number of nitrogens with zero attached hydrogens (tertiary/aromatic N) is 3. The summed E-state index contributed by atoms with van der Waals surface area (Å²) in [6.07, 6.45) is 2.99. The summed E-state index contributed by atoms with van der Waals surface area (Å²) in [7, 11) is 0. The summed E-state index contributed by atoms with van der Waals surface area (Å²) in [5, 5.41) is 0.834. The van der Waals surface area contributed by atoms with Crippen molar-refractivity contribution in [2.75, 3.05) is 22.9 Å². The molecule has 4 rings (SSSR count). The molecule has 2 aromatic carbocycles. The lowest BCUT2D eigenvalue weighted by Gasteiger charge is -2.36. The van der Waals surface area contributed by atoms with Gasteiger partial charge in [0.25, 0.3) is 5.91 Å². The molecule has 0 bridgehead atoms. The summed E-state index contributed by atoms with van der Waals surface area (Å²) in [4.78, 5) is 32.8. The number of hydrogen-bond acceptors (Lipinski definition) is 4. The van der Waals surface area contributed by atoms with Gasteiger partial charge >= 0.3 is 0 Å². The lowest BCUT2D eigenvalue weighted by molar-refractivity contribution is -0.116. The first-order chi connectivity index (χ1) is 14.5. The number of carbonyl (C=O) groups is 2. The molecule has 0 fully saturated rings. The Morgan fingerprint density at radius 1 is 0.967 bits per heavy atom. The van der Waals surface area contributed by atoms with E-state index >= 15 is 0 Å². The van der Waals surface area contributed by atoms with Gasteiger partial charge in [-0.1, -0.05) is 35.3 Å². The molecule has 0 saturated heterocycles. The largest absolute Gasteiger partial charge is 0.455 e. The smallest absolute Gasteiger partial charge is 0.263 e. The van der Waals surface area contributed by atoms with Crippen molar-refractivity contribution >= 4 is 46.4 Å². The van der Waals surface area contributed by atoms with Crippen LogP contribution in [-0.4, -0.2) is 29.9 Å². The first-order valence-corrected chi connectivity index (χ1v) is 9.97. The molecule has 6 nitrogen and oxygen atoms in total. The molecular weight excluding hydrogens is 425 g/mol. The maximum absolute atomic E-state index is 13.4. The monoisotopic (exact) mass is 441 g/mol. The van der Waals surface area contributed by atoms with Gasteiger partial charge in [0.05, 0.1) is 16.4 Å². The third-order valence-corrected chi connectivity index (χ3v) is 5.31. The van der Waals surface area contributed by atoms with Gasteiger partial charge in [0, 0.05) is 43.5 Å². The van der Waals surface area contributed by atoms with E-state index in [0.29, 0.717) is 46.0 Å². The Morgan fingerprint density at radius 3 is 2.40 bits per heavy atom. The normalized spacial score (nSPS) is 13.0. The number of fused-ring (bicyclic) bond motifs is 1. The number of halogens is 2. The molecule has 0 atom stereocenters. The third-order valence-electron chi connectivity index (χ3n) is 4.76. The van der Waals surface area contributed by atoms with Crippen LogP contribution < -0.4 is 14.5 Å². The van der Waals surface area contributed by atoms with E-state index in [-0.39, 0.29) is 17.4 Å². The second kappa shape index (κ2) is 8.34. The van der Waals surface area contributed by atoms with Crippen molar-refractivity contribution in [1.29, 1.82) is 0 Å². The van der Waals surface area contributed by atoms with Crippen LogP contribution in [0.4, 0.5) is 11.4 Å². The van der Waals surface area contributed by atoms with E-state index in [4.69, 9.17) is 27.9 Å². The van der Waals surface area contributed by atoms with Crippen LogP contribution in [0.3, 0.4) is 0 Å². The Bertz CT molecular complexity index is 1140. The highest BCUT2D eigenvalue weighted by molar-refractivity contribution is 6.34. The van der Waals surface area contributed by atoms with Gasteiger partial charge in [0.1, 0.15) is 17.1 Å². The Labute approximate surface area is 183 Å². The third kappa shape index (κ3) is 3.84. The molecular formula is C22H17Cl2N3O3. The second-order valence-electron chi connectivity index (χ2n) is 6.66. The van der Waals surface area contributed by atoms with Crippen LogP contribution in [0.2, 0.25) is 10.0 Å². The van der Waals surface area contributed by atoms with Crippen molar-refractivity contribution in [2.45, 2.75) is 6.92 Å². The molecule has 0 aliphatic carbocycles. The molecule has 0 spiro atoms. The fraction of sp³-hybridized carbons (Fsp3) is 0.136. The van der Waals surface area contributed by atoms with Crippen LogP contribution >= 0.6 is 23.2 Å². The van der Waals surface area contributed by atoms with E-state index < -0.39 is 0 Å². The molecule has 2 amide bonds. The molecule has 3 aromatic rings. The maximum Gasteiger partial charge on any atom is 0.263 e. The van der Waals surface area contributed by atoms with Gasteiger partial charge in [-0.15, -0.1) is 0 Å². The lowest BCUT2D eigenvalue weighted by atomic mass is 10.1. The number of benzene rings is 2. The molecule has 8 heteroatoms. The number of hydrogen-bond donors (Lipinski definition) is 0. The standard InChI is InChI=1S/C22H17Cl2N3O3/c1-14(28)26-10-11-27(19-5-3-2-4-18(19)26)22(29)16-13-25-9-8-20(16)30-21-12-15(23)6-7-17(21)24/h2-9,12-13H,10-11H2,1H3. The minimum absolute atomic E-state index is 0.0736. The molecule has 0 unspecified atom stereocenters. The maximum atomic E-state index is 13.4. The average molecular weight is 442 g/mol. The number of pyridine rings is 1.